The van der Waals surface area contributed by atoms with Crippen molar-refractivity contribution in [2.75, 3.05) is 5.32 Å². The molecule has 0 radical (unpaired) electrons. The van der Waals surface area contributed by atoms with E-state index in [1.807, 2.05) is 49.6 Å². The van der Waals surface area contributed by atoms with Crippen LogP contribution in [0.15, 0.2) is 59.0 Å². The van der Waals surface area contributed by atoms with Gasteiger partial charge in [-0.3, -0.25) is 14.2 Å². The molecule has 158 valence electrons. The Balaban J connectivity index is 1.63. The highest BCUT2D eigenvalue weighted by Gasteiger charge is 2.15. The summed E-state index contributed by atoms with van der Waals surface area (Å²) < 4.78 is 1.37. The fourth-order valence-electron chi connectivity index (χ4n) is 3.51. The number of nitrogens with one attached hydrogen (secondary N) is 1. The predicted octanol–water partition coefficient (Wildman–Crippen LogP) is 5.50. The number of thiophene rings is 1. The first kappa shape index (κ1) is 21.0. The second kappa shape index (κ2) is 8.47. The Kier molecular flexibility index (Phi) is 5.74. The molecule has 0 fully saturated rings. The molecule has 0 aliphatic rings. The Morgan fingerprint density at radius 2 is 1.84 bits per heavy atom. The van der Waals surface area contributed by atoms with Gasteiger partial charge < -0.3 is 5.32 Å². The molecule has 2 aromatic heterocycles. The Bertz CT molecular complexity index is 1320. The van der Waals surface area contributed by atoms with Crippen molar-refractivity contribution in [2.45, 2.75) is 40.2 Å². The van der Waals surface area contributed by atoms with Crippen LogP contribution in [0.1, 0.15) is 36.5 Å². The van der Waals surface area contributed by atoms with Crippen LogP contribution >= 0.6 is 11.3 Å². The van der Waals surface area contributed by atoms with E-state index in [2.05, 4.69) is 36.3 Å². The molecule has 0 atom stereocenters. The van der Waals surface area contributed by atoms with Crippen molar-refractivity contribution in [2.24, 2.45) is 0 Å². The number of benzene rings is 2. The summed E-state index contributed by atoms with van der Waals surface area (Å²) in [6.07, 6.45) is 1.45. The maximum absolute atomic E-state index is 13.2. The fraction of sp³-hybridized carbons (Fsp3) is 0.240. The third kappa shape index (κ3) is 4.30. The molecule has 2 aromatic carbocycles. The molecular formula is C25H25N3O2S. The van der Waals surface area contributed by atoms with Gasteiger partial charge in [0.1, 0.15) is 11.4 Å². The van der Waals surface area contributed by atoms with E-state index < -0.39 is 0 Å². The minimum atomic E-state index is -0.260. The molecule has 0 saturated heterocycles. The maximum Gasteiger partial charge on any atom is 0.263 e. The molecule has 31 heavy (non-hydrogen) atoms. The lowest BCUT2D eigenvalue weighted by molar-refractivity contribution is -0.116. The van der Waals surface area contributed by atoms with Gasteiger partial charge in [-0.25, -0.2) is 4.98 Å². The number of anilines is 1. The first-order chi connectivity index (χ1) is 14.8. The van der Waals surface area contributed by atoms with Gasteiger partial charge in [0.2, 0.25) is 5.91 Å². The van der Waals surface area contributed by atoms with E-state index in [1.165, 1.54) is 27.8 Å². The summed E-state index contributed by atoms with van der Waals surface area (Å²) in [7, 11) is 0. The number of carbonyl (C=O) groups excluding carboxylic acids is 1. The molecule has 6 heteroatoms. The van der Waals surface area contributed by atoms with Gasteiger partial charge in [0.05, 0.1) is 11.7 Å². The third-order valence-corrected chi connectivity index (χ3v) is 6.44. The summed E-state index contributed by atoms with van der Waals surface area (Å²) in [6, 6.07) is 14.0. The van der Waals surface area contributed by atoms with Crippen molar-refractivity contribution in [3.05, 3.63) is 81.2 Å². The largest absolute Gasteiger partial charge is 0.325 e. The number of aryl methyl sites for hydroxylation is 2. The van der Waals surface area contributed by atoms with Gasteiger partial charge in [0, 0.05) is 16.6 Å². The van der Waals surface area contributed by atoms with Crippen molar-refractivity contribution in [1.82, 2.24) is 9.55 Å². The summed E-state index contributed by atoms with van der Waals surface area (Å²) in [5, 5.41) is 5.39. The number of amides is 1. The molecule has 5 nitrogen and oxygen atoms in total. The van der Waals surface area contributed by atoms with Gasteiger partial charge in [-0.1, -0.05) is 44.2 Å². The number of nitrogens with zero attached hydrogens (tertiary/aromatic N) is 2. The van der Waals surface area contributed by atoms with Crippen molar-refractivity contribution in [3.63, 3.8) is 0 Å². The van der Waals surface area contributed by atoms with Crippen LogP contribution in [-0.2, 0) is 11.3 Å². The van der Waals surface area contributed by atoms with E-state index in [-0.39, 0.29) is 18.0 Å². The van der Waals surface area contributed by atoms with E-state index in [0.717, 1.165) is 27.9 Å². The van der Waals surface area contributed by atoms with Crippen molar-refractivity contribution >= 4 is 33.1 Å². The quantitative estimate of drug-likeness (QED) is 0.453. The molecule has 0 aliphatic heterocycles. The Morgan fingerprint density at radius 3 is 2.52 bits per heavy atom. The van der Waals surface area contributed by atoms with Crippen LogP contribution in [0.2, 0.25) is 0 Å². The zero-order valence-corrected chi connectivity index (χ0v) is 18.9. The first-order valence-corrected chi connectivity index (χ1v) is 11.2. The lowest BCUT2D eigenvalue weighted by Crippen LogP contribution is -2.27. The highest BCUT2D eigenvalue weighted by atomic mass is 32.1. The molecule has 1 N–H and O–H groups in total. The minimum absolute atomic E-state index is 0.0870. The molecular weight excluding hydrogens is 406 g/mol. The summed E-state index contributed by atoms with van der Waals surface area (Å²) in [5.74, 6) is 0.188. The summed E-state index contributed by atoms with van der Waals surface area (Å²) in [5.41, 5.74) is 5.87. The van der Waals surface area contributed by atoms with Gasteiger partial charge in [0.15, 0.2) is 0 Å². The normalized spacial score (nSPS) is 11.3. The Hall–Kier alpha value is -3.25. The van der Waals surface area contributed by atoms with Gasteiger partial charge >= 0.3 is 0 Å². The molecule has 4 rings (SSSR count). The van der Waals surface area contributed by atoms with Crippen LogP contribution in [0.4, 0.5) is 5.69 Å². The topological polar surface area (TPSA) is 64.0 Å². The SMILES string of the molecule is Cc1ccc(NC(=O)Cn2cnc3scc(-c4ccc(C(C)C)cc4)c3c2=O)cc1C. The molecule has 0 bridgehead atoms. The van der Waals surface area contributed by atoms with Crippen molar-refractivity contribution in [3.8, 4) is 11.1 Å². The summed E-state index contributed by atoms with van der Waals surface area (Å²) in [6.45, 7) is 8.24. The highest BCUT2D eigenvalue weighted by Crippen LogP contribution is 2.31. The van der Waals surface area contributed by atoms with Crippen LogP contribution in [0.5, 0.6) is 0 Å². The number of hydrogen-bond acceptors (Lipinski definition) is 4. The van der Waals surface area contributed by atoms with Gasteiger partial charge in [0.25, 0.3) is 5.56 Å². The van der Waals surface area contributed by atoms with E-state index in [4.69, 9.17) is 0 Å². The average Bonchev–Trinajstić information content (AvgIpc) is 3.18. The van der Waals surface area contributed by atoms with E-state index >= 15 is 0 Å². The molecule has 0 aliphatic carbocycles. The standard InChI is InChI=1S/C25H25N3O2S/c1-15(2)18-6-8-19(9-7-18)21-13-31-24-23(21)25(30)28(14-26-24)12-22(29)27-20-10-5-16(3)17(4)11-20/h5-11,13-15H,12H2,1-4H3,(H,27,29). The first-order valence-electron chi connectivity index (χ1n) is 10.3. The number of carbonyl (C=O) groups is 1. The lowest BCUT2D eigenvalue weighted by atomic mass is 9.99. The van der Waals surface area contributed by atoms with Gasteiger partial charge in [-0.15, -0.1) is 11.3 Å². The Labute approximate surface area is 185 Å². The zero-order valence-electron chi connectivity index (χ0n) is 18.1. The number of aromatic nitrogens is 2. The monoisotopic (exact) mass is 431 g/mol. The molecule has 2 heterocycles. The number of fused-ring (bicyclic) bond motifs is 1. The second-order valence-electron chi connectivity index (χ2n) is 8.13. The number of hydrogen-bond donors (Lipinski definition) is 1. The molecule has 0 spiro atoms. The van der Waals surface area contributed by atoms with Crippen molar-refractivity contribution < 1.29 is 4.79 Å². The average molecular weight is 432 g/mol. The molecule has 4 aromatic rings. The van der Waals surface area contributed by atoms with E-state index in [1.54, 1.807) is 0 Å². The van der Waals surface area contributed by atoms with Crippen LogP contribution in [0.25, 0.3) is 21.3 Å². The summed E-state index contributed by atoms with van der Waals surface area (Å²) in [4.78, 5) is 30.9. The van der Waals surface area contributed by atoms with Crippen molar-refractivity contribution in [1.29, 1.82) is 0 Å². The van der Waals surface area contributed by atoms with E-state index in [9.17, 15) is 9.59 Å². The second-order valence-corrected chi connectivity index (χ2v) is 8.99. The molecule has 1 amide bonds. The number of rotatable bonds is 5. The van der Waals surface area contributed by atoms with Gasteiger partial charge in [-0.2, -0.15) is 0 Å². The zero-order chi connectivity index (χ0) is 22.1. The van der Waals surface area contributed by atoms with E-state index in [0.29, 0.717) is 16.1 Å². The minimum Gasteiger partial charge on any atom is -0.325 e. The lowest BCUT2D eigenvalue weighted by Gasteiger charge is -2.10. The maximum atomic E-state index is 13.2. The highest BCUT2D eigenvalue weighted by molar-refractivity contribution is 7.17. The fourth-order valence-corrected chi connectivity index (χ4v) is 4.42. The Morgan fingerprint density at radius 1 is 1.10 bits per heavy atom. The van der Waals surface area contributed by atoms with Crippen LogP contribution in [-0.4, -0.2) is 15.5 Å². The van der Waals surface area contributed by atoms with Crippen LogP contribution in [0, 0.1) is 13.8 Å². The summed E-state index contributed by atoms with van der Waals surface area (Å²) >= 11 is 1.44. The third-order valence-electron chi connectivity index (χ3n) is 5.55. The smallest absolute Gasteiger partial charge is 0.263 e. The van der Waals surface area contributed by atoms with Gasteiger partial charge in [-0.05, 0) is 54.2 Å². The predicted molar refractivity (Wildman–Crippen MR) is 128 cm³/mol. The van der Waals surface area contributed by atoms with Crippen LogP contribution in [0.3, 0.4) is 0 Å². The molecule has 0 saturated carbocycles. The molecule has 0 unspecified atom stereocenters. The van der Waals surface area contributed by atoms with Crippen LogP contribution < -0.4 is 10.9 Å².